The summed E-state index contributed by atoms with van der Waals surface area (Å²) in [6.45, 7) is 6.96. The third-order valence-electron chi connectivity index (χ3n) is 7.77. The number of pyridine rings is 1. The lowest BCUT2D eigenvalue weighted by Crippen LogP contribution is -2.29. The van der Waals surface area contributed by atoms with E-state index in [-0.39, 0.29) is 24.2 Å². The van der Waals surface area contributed by atoms with Crippen LogP contribution >= 0.6 is 11.6 Å². The number of halogens is 1. The number of ether oxygens (including phenoxy) is 2. The largest absolute Gasteiger partial charge is 0.451 e. The number of rotatable bonds is 7. The van der Waals surface area contributed by atoms with E-state index in [1.54, 1.807) is 18.6 Å². The first-order valence-corrected chi connectivity index (χ1v) is 14.2. The molecular weight excluding hydrogens is 546 g/mol. The van der Waals surface area contributed by atoms with Gasteiger partial charge in [-0.05, 0) is 19.3 Å². The second-order valence-corrected chi connectivity index (χ2v) is 12.2. The van der Waals surface area contributed by atoms with Gasteiger partial charge in [-0.15, -0.1) is 0 Å². The molecule has 0 unspecified atom stereocenters. The lowest BCUT2D eigenvalue weighted by molar-refractivity contribution is 0.0391. The SMILES string of the molecule is Cn1c(Nc2cc(C(C)(C)C)n([C@H]3CCO[C@@H]3CO)n2)nc2ncc(Oc3cnc4cnc(C5CC5)n4c3)c(Cl)c21. The molecule has 2 atom stereocenters. The summed E-state index contributed by atoms with van der Waals surface area (Å²) in [5.41, 5.74) is 2.75. The Morgan fingerprint density at radius 1 is 1.15 bits per heavy atom. The average Bonchev–Trinajstić information content (AvgIpc) is 3.28. The van der Waals surface area contributed by atoms with E-state index < -0.39 is 0 Å². The van der Waals surface area contributed by atoms with Gasteiger partial charge in [0.05, 0.1) is 37.4 Å². The minimum absolute atomic E-state index is 0.0441. The Morgan fingerprint density at radius 2 is 1.98 bits per heavy atom. The molecule has 5 aromatic heterocycles. The molecule has 12 nitrogen and oxygen atoms in total. The van der Waals surface area contributed by atoms with Gasteiger partial charge in [0, 0.05) is 36.7 Å². The Labute approximate surface area is 241 Å². The molecule has 0 spiro atoms. The van der Waals surface area contributed by atoms with E-state index in [9.17, 15) is 5.11 Å². The minimum Gasteiger partial charge on any atom is -0.451 e. The van der Waals surface area contributed by atoms with Crippen molar-refractivity contribution in [3.8, 4) is 11.5 Å². The number of aryl methyl sites for hydroxylation is 1. The van der Waals surface area contributed by atoms with Crippen molar-refractivity contribution in [3.63, 3.8) is 0 Å². The number of aliphatic hydroxyl groups excluding tert-OH is 1. The van der Waals surface area contributed by atoms with E-state index >= 15 is 0 Å². The number of aliphatic hydroxyl groups is 1. The van der Waals surface area contributed by atoms with E-state index in [1.165, 1.54) is 0 Å². The first-order chi connectivity index (χ1) is 19.7. The molecule has 0 aromatic carbocycles. The van der Waals surface area contributed by atoms with Crippen LogP contribution in [0.1, 0.15) is 63.5 Å². The maximum absolute atomic E-state index is 9.83. The van der Waals surface area contributed by atoms with Crippen LogP contribution in [0.5, 0.6) is 11.5 Å². The second-order valence-electron chi connectivity index (χ2n) is 11.8. The fraction of sp³-hybridized carbons (Fsp3) is 0.464. The second kappa shape index (κ2) is 9.68. The number of nitrogens with one attached hydrogen (secondary N) is 1. The van der Waals surface area contributed by atoms with Gasteiger partial charge in [-0.25, -0.2) is 15.0 Å². The van der Waals surface area contributed by atoms with Crippen molar-refractivity contribution in [2.45, 2.75) is 63.5 Å². The van der Waals surface area contributed by atoms with Crippen LogP contribution in [0.2, 0.25) is 5.02 Å². The van der Waals surface area contributed by atoms with Crippen LogP contribution in [0.25, 0.3) is 16.8 Å². The summed E-state index contributed by atoms with van der Waals surface area (Å²) in [5, 5.41) is 18.4. The topological polar surface area (TPSA) is 129 Å². The number of imidazole rings is 2. The molecule has 2 aliphatic rings. The summed E-state index contributed by atoms with van der Waals surface area (Å²) in [6.07, 6.45) is 9.68. The lowest BCUT2D eigenvalue weighted by Gasteiger charge is -2.25. The average molecular weight is 578 g/mol. The van der Waals surface area contributed by atoms with Gasteiger partial charge in [0.15, 0.2) is 28.6 Å². The van der Waals surface area contributed by atoms with E-state index in [2.05, 4.69) is 46.0 Å². The highest BCUT2D eigenvalue weighted by atomic mass is 35.5. The van der Waals surface area contributed by atoms with Crippen LogP contribution in [0.15, 0.2) is 30.9 Å². The molecule has 41 heavy (non-hydrogen) atoms. The molecule has 214 valence electrons. The highest BCUT2D eigenvalue weighted by Crippen LogP contribution is 2.40. The molecule has 5 aromatic rings. The minimum atomic E-state index is -0.286. The standard InChI is InChI=1S/C28H32ClN9O3/c1-28(2,3)20-9-21(35-38(20)17-7-8-40-19(17)14-39)33-27-34-25-24(36(27)4)23(29)18(11-31-25)41-16-10-30-22-12-32-26(15-5-6-15)37(22)13-16/h9-13,15,17,19,39H,5-8,14H2,1-4H3,(H,31,33,34,35)/t17-,19+/m0/s1. The molecule has 0 radical (unpaired) electrons. The molecule has 13 heteroatoms. The van der Waals surface area contributed by atoms with Gasteiger partial charge in [0.1, 0.15) is 22.5 Å². The van der Waals surface area contributed by atoms with Crippen LogP contribution in [-0.2, 0) is 17.2 Å². The van der Waals surface area contributed by atoms with Crippen LogP contribution in [-0.4, -0.2) is 63.1 Å². The monoisotopic (exact) mass is 577 g/mol. The molecule has 1 aliphatic heterocycles. The first-order valence-electron chi connectivity index (χ1n) is 13.8. The van der Waals surface area contributed by atoms with Gasteiger partial charge < -0.3 is 24.5 Å². The maximum Gasteiger partial charge on any atom is 0.210 e. The van der Waals surface area contributed by atoms with Crippen molar-refractivity contribution in [3.05, 3.63) is 47.4 Å². The summed E-state index contributed by atoms with van der Waals surface area (Å²) in [6, 6.07) is 1.97. The molecule has 1 aliphatic carbocycles. The van der Waals surface area contributed by atoms with E-state index in [0.29, 0.717) is 52.0 Å². The highest BCUT2D eigenvalue weighted by molar-refractivity contribution is 6.36. The number of anilines is 2. The molecular formula is C28H32ClN9O3. The van der Waals surface area contributed by atoms with Crippen LogP contribution in [0.3, 0.4) is 0 Å². The van der Waals surface area contributed by atoms with E-state index in [4.69, 9.17) is 26.2 Å². The van der Waals surface area contributed by atoms with E-state index in [1.807, 2.05) is 33.0 Å². The van der Waals surface area contributed by atoms with Gasteiger partial charge in [-0.2, -0.15) is 10.1 Å². The Kier molecular flexibility index (Phi) is 6.18. The summed E-state index contributed by atoms with van der Waals surface area (Å²) in [5.74, 6) is 3.59. The lowest BCUT2D eigenvalue weighted by atomic mass is 9.91. The molecule has 2 N–H and O–H groups in total. The van der Waals surface area contributed by atoms with Crippen molar-refractivity contribution in [1.82, 2.24) is 38.7 Å². The summed E-state index contributed by atoms with van der Waals surface area (Å²) in [4.78, 5) is 18.2. The number of hydrogen-bond acceptors (Lipinski definition) is 9. The van der Waals surface area contributed by atoms with Crippen LogP contribution < -0.4 is 10.1 Å². The predicted octanol–water partition coefficient (Wildman–Crippen LogP) is 4.89. The highest BCUT2D eigenvalue weighted by Gasteiger charge is 2.34. The fourth-order valence-electron chi connectivity index (χ4n) is 5.48. The molecule has 6 heterocycles. The van der Waals surface area contributed by atoms with E-state index in [0.717, 1.165) is 36.4 Å². The Balaban J connectivity index is 1.19. The quantitative estimate of drug-likeness (QED) is 0.277. The van der Waals surface area contributed by atoms with Gasteiger partial charge in [0.25, 0.3) is 0 Å². The van der Waals surface area contributed by atoms with Crippen molar-refractivity contribution in [1.29, 1.82) is 0 Å². The predicted molar refractivity (Wildman–Crippen MR) is 153 cm³/mol. The van der Waals surface area contributed by atoms with Crippen molar-refractivity contribution < 1.29 is 14.6 Å². The van der Waals surface area contributed by atoms with Crippen LogP contribution in [0.4, 0.5) is 11.8 Å². The van der Waals surface area contributed by atoms with Gasteiger partial charge in [0.2, 0.25) is 5.95 Å². The fourth-order valence-corrected chi connectivity index (χ4v) is 5.78. The molecule has 2 fully saturated rings. The Hall–Kier alpha value is -3.74. The molecule has 0 bridgehead atoms. The number of hydrogen-bond donors (Lipinski definition) is 2. The normalized spacial score (nSPS) is 19.5. The van der Waals surface area contributed by atoms with Crippen molar-refractivity contribution >= 4 is 40.2 Å². The van der Waals surface area contributed by atoms with Crippen molar-refractivity contribution in [2.24, 2.45) is 7.05 Å². The summed E-state index contributed by atoms with van der Waals surface area (Å²) >= 11 is 6.86. The zero-order chi connectivity index (χ0) is 28.5. The molecule has 0 amide bonds. The molecule has 7 rings (SSSR count). The zero-order valence-electron chi connectivity index (χ0n) is 23.4. The first kappa shape index (κ1) is 26.2. The molecule has 1 saturated heterocycles. The maximum atomic E-state index is 9.83. The van der Waals surface area contributed by atoms with Gasteiger partial charge in [-0.3, -0.25) is 9.08 Å². The van der Waals surface area contributed by atoms with Crippen LogP contribution in [0, 0.1) is 0 Å². The Bertz CT molecular complexity index is 1770. The third-order valence-corrected chi connectivity index (χ3v) is 8.14. The number of fused-ring (bicyclic) bond motifs is 2. The number of aromatic nitrogens is 8. The van der Waals surface area contributed by atoms with Gasteiger partial charge >= 0.3 is 0 Å². The molecule has 1 saturated carbocycles. The summed E-state index contributed by atoms with van der Waals surface area (Å²) < 4.78 is 17.7. The van der Waals surface area contributed by atoms with Gasteiger partial charge in [-0.1, -0.05) is 32.4 Å². The Morgan fingerprint density at radius 3 is 2.73 bits per heavy atom. The van der Waals surface area contributed by atoms with Crippen molar-refractivity contribution in [2.75, 3.05) is 18.5 Å². The third kappa shape index (κ3) is 4.59. The summed E-state index contributed by atoms with van der Waals surface area (Å²) in [7, 11) is 1.87. The zero-order valence-corrected chi connectivity index (χ0v) is 24.1. The number of nitrogens with zero attached hydrogens (tertiary/aromatic N) is 8. The smallest absolute Gasteiger partial charge is 0.210 e.